The lowest BCUT2D eigenvalue weighted by Gasteiger charge is -1.97. The zero-order valence-electron chi connectivity index (χ0n) is 10.2. The summed E-state index contributed by atoms with van der Waals surface area (Å²) in [6.45, 7) is 0. The van der Waals surface area contributed by atoms with Crippen LogP contribution in [0.4, 0.5) is 5.69 Å². The number of nitrogens with one attached hydrogen (secondary N) is 1. The first-order chi connectivity index (χ1) is 9.22. The minimum absolute atomic E-state index is 0.252. The maximum atomic E-state index is 9.28. The fourth-order valence-corrected chi connectivity index (χ4v) is 1.91. The first kappa shape index (κ1) is 11.3. The number of nitrogens with zero attached hydrogens (tertiary/aromatic N) is 1. The number of phenols is 1. The molecule has 94 valence electrons. The molecule has 4 N–H and O–H groups in total. The largest absolute Gasteiger partial charge is 0.508 e. The van der Waals surface area contributed by atoms with Crippen LogP contribution in [0.2, 0.25) is 0 Å². The standard InChI is InChI=1S/C15H13N3O/c16-12-5-1-10(2-6-12)14-9-15(18-17-14)11-3-7-13(19)8-4-11/h1-9,19H,16H2,(H,17,18). The molecule has 0 atom stereocenters. The summed E-state index contributed by atoms with van der Waals surface area (Å²) in [5, 5.41) is 16.6. The second kappa shape index (κ2) is 4.49. The van der Waals surface area contributed by atoms with Crippen molar-refractivity contribution < 1.29 is 5.11 Å². The van der Waals surface area contributed by atoms with E-state index in [4.69, 9.17) is 5.73 Å². The van der Waals surface area contributed by atoms with E-state index in [-0.39, 0.29) is 5.75 Å². The second-order valence-electron chi connectivity index (χ2n) is 4.34. The van der Waals surface area contributed by atoms with E-state index in [0.29, 0.717) is 0 Å². The van der Waals surface area contributed by atoms with Gasteiger partial charge in [-0.3, -0.25) is 5.10 Å². The van der Waals surface area contributed by atoms with Gasteiger partial charge in [-0.1, -0.05) is 12.1 Å². The van der Waals surface area contributed by atoms with Crippen molar-refractivity contribution >= 4 is 5.69 Å². The van der Waals surface area contributed by atoms with E-state index in [1.54, 1.807) is 12.1 Å². The summed E-state index contributed by atoms with van der Waals surface area (Å²) in [4.78, 5) is 0. The van der Waals surface area contributed by atoms with Gasteiger partial charge in [0.15, 0.2) is 0 Å². The molecule has 0 radical (unpaired) electrons. The van der Waals surface area contributed by atoms with Gasteiger partial charge in [0, 0.05) is 11.3 Å². The number of phenolic OH excluding ortho intramolecular Hbond substituents is 1. The van der Waals surface area contributed by atoms with Crippen LogP contribution in [0.25, 0.3) is 22.5 Å². The Bertz CT molecular complexity index is 624. The highest BCUT2D eigenvalue weighted by molar-refractivity contribution is 5.69. The quantitative estimate of drug-likeness (QED) is 0.613. The van der Waals surface area contributed by atoms with Gasteiger partial charge >= 0.3 is 0 Å². The second-order valence-corrected chi connectivity index (χ2v) is 4.34. The van der Waals surface area contributed by atoms with Gasteiger partial charge in [0.25, 0.3) is 0 Å². The van der Waals surface area contributed by atoms with E-state index >= 15 is 0 Å². The Hall–Kier alpha value is -2.75. The number of aromatic hydroxyl groups is 1. The number of aromatic nitrogens is 2. The number of anilines is 1. The lowest BCUT2D eigenvalue weighted by molar-refractivity contribution is 0.475. The van der Waals surface area contributed by atoms with Crippen LogP contribution >= 0.6 is 0 Å². The molecular weight excluding hydrogens is 238 g/mol. The monoisotopic (exact) mass is 251 g/mol. The normalized spacial score (nSPS) is 10.5. The van der Waals surface area contributed by atoms with Crippen molar-refractivity contribution in [3.63, 3.8) is 0 Å². The van der Waals surface area contributed by atoms with E-state index in [1.165, 1.54) is 0 Å². The maximum absolute atomic E-state index is 9.28. The van der Waals surface area contributed by atoms with Crippen LogP contribution in [-0.4, -0.2) is 15.3 Å². The zero-order chi connectivity index (χ0) is 13.2. The smallest absolute Gasteiger partial charge is 0.115 e. The number of rotatable bonds is 2. The van der Waals surface area contributed by atoms with E-state index in [1.807, 2.05) is 42.5 Å². The SMILES string of the molecule is Nc1ccc(-c2cc(-c3ccc(O)cc3)[nH]n2)cc1. The van der Waals surface area contributed by atoms with E-state index in [0.717, 1.165) is 28.2 Å². The summed E-state index contributed by atoms with van der Waals surface area (Å²) >= 11 is 0. The molecular formula is C15H13N3O. The summed E-state index contributed by atoms with van der Waals surface area (Å²) < 4.78 is 0. The Kier molecular flexibility index (Phi) is 2.68. The molecule has 3 aromatic rings. The summed E-state index contributed by atoms with van der Waals surface area (Å²) in [5.74, 6) is 0.252. The Morgan fingerprint density at radius 1 is 0.895 bits per heavy atom. The highest BCUT2D eigenvalue weighted by Crippen LogP contribution is 2.25. The first-order valence-corrected chi connectivity index (χ1v) is 5.93. The summed E-state index contributed by atoms with van der Waals surface area (Å²) in [6, 6.07) is 16.5. The first-order valence-electron chi connectivity index (χ1n) is 5.93. The fraction of sp³-hybridized carbons (Fsp3) is 0. The molecule has 0 aliphatic carbocycles. The molecule has 0 bridgehead atoms. The van der Waals surface area contributed by atoms with Crippen molar-refractivity contribution in [2.75, 3.05) is 5.73 Å². The van der Waals surface area contributed by atoms with E-state index < -0.39 is 0 Å². The molecule has 19 heavy (non-hydrogen) atoms. The number of hydrogen-bond donors (Lipinski definition) is 3. The maximum Gasteiger partial charge on any atom is 0.115 e. The van der Waals surface area contributed by atoms with Crippen molar-refractivity contribution in [1.29, 1.82) is 0 Å². The minimum Gasteiger partial charge on any atom is -0.508 e. The van der Waals surface area contributed by atoms with Gasteiger partial charge in [0.05, 0.1) is 11.4 Å². The average molecular weight is 251 g/mol. The number of aromatic amines is 1. The van der Waals surface area contributed by atoms with Gasteiger partial charge in [-0.25, -0.2) is 0 Å². The molecule has 4 nitrogen and oxygen atoms in total. The summed E-state index contributed by atoms with van der Waals surface area (Å²) in [7, 11) is 0. The van der Waals surface area contributed by atoms with Crippen molar-refractivity contribution in [3.8, 4) is 28.3 Å². The molecule has 1 heterocycles. The lowest BCUT2D eigenvalue weighted by atomic mass is 10.1. The molecule has 0 saturated heterocycles. The van der Waals surface area contributed by atoms with Crippen LogP contribution in [0.15, 0.2) is 54.6 Å². The van der Waals surface area contributed by atoms with Gasteiger partial charge in [0.1, 0.15) is 5.75 Å². The average Bonchev–Trinajstić information content (AvgIpc) is 2.90. The molecule has 0 saturated carbocycles. The zero-order valence-corrected chi connectivity index (χ0v) is 10.2. The molecule has 0 unspecified atom stereocenters. The molecule has 2 aromatic carbocycles. The van der Waals surface area contributed by atoms with Gasteiger partial charge < -0.3 is 10.8 Å². The van der Waals surface area contributed by atoms with Crippen LogP contribution in [0, 0.1) is 0 Å². The highest BCUT2D eigenvalue weighted by atomic mass is 16.3. The van der Waals surface area contributed by atoms with Gasteiger partial charge in [-0.2, -0.15) is 5.10 Å². The Labute approximate surface area is 110 Å². The predicted octanol–water partition coefficient (Wildman–Crippen LogP) is 3.03. The lowest BCUT2D eigenvalue weighted by Crippen LogP contribution is -1.83. The predicted molar refractivity (Wildman–Crippen MR) is 75.5 cm³/mol. The minimum atomic E-state index is 0.252. The van der Waals surface area contributed by atoms with Crippen LogP contribution in [-0.2, 0) is 0 Å². The Morgan fingerprint density at radius 3 is 2.21 bits per heavy atom. The van der Waals surface area contributed by atoms with E-state index in [2.05, 4.69) is 10.2 Å². The van der Waals surface area contributed by atoms with Crippen LogP contribution < -0.4 is 5.73 Å². The van der Waals surface area contributed by atoms with Crippen LogP contribution in [0.5, 0.6) is 5.75 Å². The number of hydrogen-bond acceptors (Lipinski definition) is 3. The molecule has 0 aliphatic rings. The fourth-order valence-electron chi connectivity index (χ4n) is 1.91. The molecule has 0 fully saturated rings. The van der Waals surface area contributed by atoms with Gasteiger partial charge in [-0.05, 0) is 48.0 Å². The molecule has 1 aromatic heterocycles. The Balaban J connectivity index is 1.95. The van der Waals surface area contributed by atoms with Crippen LogP contribution in [0.3, 0.4) is 0 Å². The highest BCUT2D eigenvalue weighted by Gasteiger charge is 2.05. The third-order valence-electron chi connectivity index (χ3n) is 2.96. The Morgan fingerprint density at radius 2 is 1.53 bits per heavy atom. The van der Waals surface area contributed by atoms with E-state index in [9.17, 15) is 5.11 Å². The number of H-pyrrole nitrogens is 1. The van der Waals surface area contributed by atoms with Gasteiger partial charge in [0.2, 0.25) is 0 Å². The molecule has 0 spiro atoms. The van der Waals surface area contributed by atoms with Crippen molar-refractivity contribution in [2.45, 2.75) is 0 Å². The van der Waals surface area contributed by atoms with Crippen molar-refractivity contribution in [2.24, 2.45) is 0 Å². The topological polar surface area (TPSA) is 74.9 Å². The summed E-state index contributed by atoms with van der Waals surface area (Å²) in [5.41, 5.74) is 10.2. The molecule has 0 amide bonds. The van der Waals surface area contributed by atoms with Crippen molar-refractivity contribution in [3.05, 3.63) is 54.6 Å². The molecule has 4 heteroatoms. The van der Waals surface area contributed by atoms with Crippen molar-refractivity contribution in [1.82, 2.24) is 10.2 Å². The summed E-state index contributed by atoms with van der Waals surface area (Å²) in [6.07, 6.45) is 0. The third kappa shape index (κ3) is 2.28. The van der Waals surface area contributed by atoms with Crippen LogP contribution in [0.1, 0.15) is 0 Å². The molecule has 0 aliphatic heterocycles. The molecule has 3 rings (SSSR count). The number of benzene rings is 2. The van der Waals surface area contributed by atoms with Gasteiger partial charge in [-0.15, -0.1) is 0 Å². The number of nitrogens with two attached hydrogens (primary N) is 1. The third-order valence-corrected chi connectivity index (χ3v) is 2.96. The number of nitrogen functional groups attached to an aromatic ring is 1.